The minimum atomic E-state index is -0.920. The summed E-state index contributed by atoms with van der Waals surface area (Å²) in [6, 6.07) is 7.75. The van der Waals surface area contributed by atoms with Gasteiger partial charge in [0.15, 0.2) is 5.82 Å². The third kappa shape index (κ3) is 2.33. The molecule has 1 unspecified atom stereocenters. The van der Waals surface area contributed by atoms with E-state index in [1.807, 2.05) is 31.2 Å². The van der Waals surface area contributed by atoms with Crippen molar-refractivity contribution in [2.45, 2.75) is 19.8 Å². The van der Waals surface area contributed by atoms with Crippen molar-refractivity contribution in [2.24, 2.45) is 0 Å². The number of rotatable bonds is 3. The zero-order valence-corrected chi connectivity index (χ0v) is 9.64. The number of nitrogens with one attached hydrogen (secondary N) is 1. The summed E-state index contributed by atoms with van der Waals surface area (Å²) in [6.07, 6.45) is 0. The SMILES string of the molecule is Cc1ccc(-c2n[nH]c(C(C)C(=O)O)n2)cc1. The number of carboxylic acids is 1. The fourth-order valence-corrected chi connectivity index (χ4v) is 1.42. The lowest BCUT2D eigenvalue weighted by molar-refractivity contribution is -0.138. The minimum Gasteiger partial charge on any atom is -0.481 e. The van der Waals surface area contributed by atoms with Gasteiger partial charge in [-0.2, -0.15) is 5.10 Å². The van der Waals surface area contributed by atoms with E-state index in [9.17, 15) is 4.79 Å². The summed E-state index contributed by atoms with van der Waals surface area (Å²) >= 11 is 0. The van der Waals surface area contributed by atoms with Gasteiger partial charge < -0.3 is 5.11 Å². The molecule has 2 rings (SSSR count). The average Bonchev–Trinajstić information content (AvgIpc) is 2.78. The fraction of sp³-hybridized carbons (Fsp3) is 0.250. The lowest BCUT2D eigenvalue weighted by Gasteiger charge is -1.99. The molecule has 0 saturated heterocycles. The highest BCUT2D eigenvalue weighted by Gasteiger charge is 2.18. The molecule has 0 amide bonds. The van der Waals surface area contributed by atoms with Crippen molar-refractivity contribution in [2.75, 3.05) is 0 Å². The highest BCUT2D eigenvalue weighted by atomic mass is 16.4. The summed E-state index contributed by atoms with van der Waals surface area (Å²) in [7, 11) is 0. The van der Waals surface area contributed by atoms with Crippen molar-refractivity contribution in [3.05, 3.63) is 35.7 Å². The smallest absolute Gasteiger partial charge is 0.313 e. The predicted molar refractivity (Wildman–Crippen MR) is 62.6 cm³/mol. The molecule has 0 fully saturated rings. The monoisotopic (exact) mass is 231 g/mol. The minimum absolute atomic E-state index is 0.369. The number of hydrogen-bond acceptors (Lipinski definition) is 3. The van der Waals surface area contributed by atoms with Gasteiger partial charge in [-0.3, -0.25) is 9.89 Å². The van der Waals surface area contributed by atoms with Crippen LogP contribution in [0.5, 0.6) is 0 Å². The first-order valence-corrected chi connectivity index (χ1v) is 5.30. The molecule has 0 aliphatic carbocycles. The fourth-order valence-electron chi connectivity index (χ4n) is 1.42. The zero-order chi connectivity index (χ0) is 12.4. The molecule has 0 aliphatic heterocycles. The molecular formula is C12H13N3O2. The molecule has 0 saturated carbocycles. The maximum absolute atomic E-state index is 10.8. The number of benzene rings is 1. The van der Waals surface area contributed by atoms with Crippen molar-refractivity contribution >= 4 is 5.97 Å². The largest absolute Gasteiger partial charge is 0.481 e. The van der Waals surface area contributed by atoms with Gasteiger partial charge in [0.05, 0.1) is 0 Å². The van der Waals surface area contributed by atoms with E-state index >= 15 is 0 Å². The van der Waals surface area contributed by atoms with E-state index in [0.29, 0.717) is 11.6 Å². The quantitative estimate of drug-likeness (QED) is 0.846. The molecule has 1 aromatic carbocycles. The van der Waals surface area contributed by atoms with Crippen LogP contribution in [0.25, 0.3) is 11.4 Å². The van der Waals surface area contributed by atoms with Gasteiger partial charge in [-0.1, -0.05) is 29.8 Å². The maximum atomic E-state index is 10.8. The van der Waals surface area contributed by atoms with E-state index in [1.54, 1.807) is 6.92 Å². The molecule has 88 valence electrons. The topological polar surface area (TPSA) is 78.9 Å². The van der Waals surface area contributed by atoms with Crippen LogP contribution in [-0.4, -0.2) is 26.3 Å². The van der Waals surface area contributed by atoms with Crippen LogP contribution in [0.1, 0.15) is 24.2 Å². The number of hydrogen-bond donors (Lipinski definition) is 2. The number of aryl methyl sites for hydroxylation is 1. The molecule has 0 spiro atoms. The molecule has 5 heteroatoms. The number of aromatic amines is 1. The molecule has 0 aliphatic rings. The van der Waals surface area contributed by atoms with Crippen LogP contribution in [0.15, 0.2) is 24.3 Å². The standard InChI is InChI=1S/C12H13N3O2/c1-7-3-5-9(6-4-7)11-13-10(14-15-11)8(2)12(16)17/h3-6,8H,1-2H3,(H,16,17)(H,13,14,15). The Morgan fingerprint density at radius 2 is 2.00 bits per heavy atom. The van der Waals surface area contributed by atoms with Crippen molar-refractivity contribution in [1.29, 1.82) is 0 Å². The van der Waals surface area contributed by atoms with Gasteiger partial charge in [-0.05, 0) is 13.8 Å². The number of aliphatic carboxylic acids is 1. The zero-order valence-electron chi connectivity index (χ0n) is 9.64. The highest BCUT2D eigenvalue weighted by molar-refractivity contribution is 5.74. The van der Waals surface area contributed by atoms with Crippen LogP contribution in [0, 0.1) is 6.92 Å². The summed E-state index contributed by atoms with van der Waals surface area (Å²) in [5, 5.41) is 15.5. The maximum Gasteiger partial charge on any atom is 0.313 e. The van der Waals surface area contributed by atoms with Crippen molar-refractivity contribution in [3.8, 4) is 11.4 Å². The van der Waals surface area contributed by atoms with Crippen LogP contribution in [0.2, 0.25) is 0 Å². The van der Waals surface area contributed by atoms with Gasteiger partial charge in [0, 0.05) is 5.56 Å². The number of aromatic nitrogens is 3. The number of nitrogens with zero attached hydrogens (tertiary/aromatic N) is 2. The highest BCUT2D eigenvalue weighted by Crippen LogP contribution is 2.18. The van der Waals surface area contributed by atoms with Crippen LogP contribution in [-0.2, 0) is 4.79 Å². The first-order chi connectivity index (χ1) is 8.08. The molecule has 2 aromatic rings. The molecule has 0 radical (unpaired) electrons. The summed E-state index contributed by atoms with van der Waals surface area (Å²) in [5.41, 5.74) is 2.03. The second-order valence-electron chi connectivity index (χ2n) is 3.97. The second-order valence-corrected chi connectivity index (χ2v) is 3.97. The Morgan fingerprint density at radius 1 is 1.35 bits per heavy atom. The Balaban J connectivity index is 2.29. The predicted octanol–water partition coefficient (Wildman–Crippen LogP) is 1.97. The Bertz CT molecular complexity index is 531. The summed E-state index contributed by atoms with van der Waals surface area (Å²) in [4.78, 5) is 15.0. The summed E-state index contributed by atoms with van der Waals surface area (Å²) in [5.74, 6) is -0.709. The van der Waals surface area contributed by atoms with Gasteiger partial charge in [0.1, 0.15) is 11.7 Å². The molecule has 1 aromatic heterocycles. The summed E-state index contributed by atoms with van der Waals surface area (Å²) in [6.45, 7) is 3.57. The van der Waals surface area contributed by atoms with E-state index in [4.69, 9.17) is 5.11 Å². The Hall–Kier alpha value is -2.17. The molecule has 1 atom stereocenters. The van der Waals surface area contributed by atoms with Crippen molar-refractivity contribution in [3.63, 3.8) is 0 Å². The molecule has 5 nitrogen and oxygen atoms in total. The Labute approximate surface area is 98.5 Å². The van der Waals surface area contributed by atoms with Gasteiger partial charge in [0.2, 0.25) is 0 Å². The third-order valence-electron chi connectivity index (χ3n) is 2.59. The van der Waals surface area contributed by atoms with Gasteiger partial charge in [0.25, 0.3) is 0 Å². The van der Waals surface area contributed by atoms with Crippen LogP contribution in [0.4, 0.5) is 0 Å². The van der Waals surface area contributed by atoms with Crippen LogP contribution >= 0.6 is 0 Å². The van der Waals surface area contributed by atoms with E-state index in [2.05, 4.69) is 15.2 Å². The molecular weight excluding hydrogens is 218 g/mol. The van der Waals surface area contributed by atoms with Crippen LogP contribution < -0.4 is 0 Å². The first-order valence-electron chi connectivity index (χ1n) is 5.30. The molecule has 2 N–H and O–H groups in total. The van der Waals surface area contributed by atoms with E-state index < -0.39 is 11.9 Å². The first kappa shape index (κ1) is 11.3. The average molecular weight is 231 g/mol. The van der Waals surface area contributed by atoms with E-state index in [-0.39, 0.29) is 0 Å². The van der Waals surface area contributed by atoms with Gasteiger partial charge >= 0.3 is 5.97 Å². The van der Waals surface area contributed by atoms with Gasteiger partial charge in [-0.15, -0.1) is 0 Å². The normalized spacial score (nSPS) is 12.4. The Kier molecular flexibility index (Phi) is 2.91. The molecule has 1 heterocycles. The number of carbonyl (C=O) groups is 1. The van der Waals surface area contributed by atoms with Crippen molar-refractivity contribution in [1.82, 2.24) is 15.2 Å². The van der Waals surface area contributed by atoms with Gasteiger partial charge in [-0.25, -0.2) is 4.98 Å². The van der Waals surface area contributed by atoms with Crippen LogP contribution in [0.3, 0.4) is 0 Å². The van der Waals surface area contributed by atoms with E-state index in [1.165, 1.54) is 0 Å². The Morgan fingerprint density at radius 3 is 2.59 bits per heavy atom. The molecule has 17 heavy (non-hydrogen) atoms. The number of carboxylic acid groups (broad SMARTS) is 1. The van der Waals surface area contributed by atoms with Crippen molar-refractivity contribution < 1.29 is 9.90 Å². The number of H-pyrrole nitrogens is 1. The lowest BCUT2D eigenvalue weighted by atomic mass is 10.1. The summed E-state index contributed by atoms with van der Waals surface area (Å²) < 4.78 is 0. The van der Waals surface area contributed by atoms with E-state index in [0.717, 1.165) is 11.1 Å². The molecule has 0 bridgehead atoms. The second kappa shape index (κ2) is 4.37. The lowest BCUT2D eigenvalue weighted by Crippen LogP contribution is -2.08. The third-order valence-corrected chi connectivity index (χ3v) is 2.59.